The second-order valence-corrected chi connectivity index (χ2v) is 6.88. The molecule has 1 aromatic carbocycles. The van der Waals surface area contributed by atoms with E-state index in [2.05, 4.69) is 10.3 Å². The first-order valence-electron chi connectivity index (χ1n) is 7.72. The molecule has 3 rings (SSSR count). The van der Waals surface area contributed by atoms with Gasteiger partial charge in [0.15, 0.2) is 11.2 Å². The molecular formula is C17H19N3O3S. The summed E-state index contributed by atoms with van der Waals surface area (Å²) in [5.74, 6) is 0.439. The zero-order chi connectivity index (χ0) is 17.4. The Bertz CT molecular complexity index is 800. The van der Waals surface area contributed by atoms with Crippen molar-refractivity contribution in [1.29, 1.82) is 0 Å². The molecule has 0 spiro atoms. The second kappa shape index (κ2) is 6.24. The number of ether oxygens (including phenoxy) is 1. The number of amides is 2. The highest BCUT2D eigenvalue weighted by molar-refractivity contribution is 7.14. The van der Waals surface area contributed by atoms with Crippen LogP contribution >= 0.6 is 11.3 Å². The Labute approximate surface area is 144 Å². The van der Waals surface area contributed by atoms with Gasteiger partial charge in [-0.15, -0.1) is 11.3 Å². The SMILES string of the molecule is CC(C)C(=O)Nc1nc(-c2ccc3c(c2)N(C)C(=O)[C@@H](C)O3)cs1. The van der Waals surface area contributed by atoms with Crippen molar-refractivity contribution in [2.75, 3.05) is 17.3 Å². The fourth-order valence-electron chi connectivity index (χ4n) is 2.38. The number of carbonyl (C=O) groups is 2. The number of likely N-dealkylation sites (N-methyl/N-ethyl adjacent to an activating group) is 1. The minimum atomic E-state index is -0.481. The van der Waals surface area contributed by atoms with Crippen LogP contribution in [0.15, 0.2) is 23.6 Å². The molecule has 2 heterocycles. The van der Waals surface area contributed by atoms with Crippen molar-refractivity contribution in [1.82, 2.24) is 4.98 Å². The summed E-state index contributed by atoms with van der Waals surface area (Å²) in [7, 11) is 1.74. The number of nitrogens with one attached hydrogen (secondary N) is 1. The molecule has 24 heavy (non-hydrogen) atoms. The lowest BCUT2D eigenvalue weighted by Gasteiger charge is -2.30. The molecule has 0 fully saturated rings. The van der Waals surface area contributed by atoms with Crippen molar-refractivity contribution >= 4 is 34.0 Å². The fourth-order valence-corrected chi connectivity index (χ4v) is 3.11. The van der Waals surface area contributed by atoms with Gasteiger partial charge >= 0.3 is 0 Å². The van der Waals surface area contributed by atoms with Crippen LogP contribution in [0.1, 0.15) is 20.8 Å². The fraction of sp³-hybridized carbons (Fsp3) is 0.353. The van der Waals surface area contributed by atoms with Gasteiger partial charge in [0.2, 0.25) is 5.91 Å². The van der Waals surface area contributed by atoms with Gasteiger partial charge in [-0.25, -0.2) is 4.98 Å². The van der Waals surface area contributed by atoms with E-state index in [1.165, 1.54) is 11.3 Å². The molecule has 1 aromatic heterocycles. The molecule has 0 radical (unpaired) electrons. The zero-order valence-electron chi connectivity index (χ0n) is 14.0. The summed E-state index contributed by atoms with van der Waals surface area (Å²) in [6, 6.07) is 5.62. The Kier molecular flexibility index (Phi) is 4.28. The molecule has 0 aliphatic carbocycles. The molecule has 2 amide bonds. The van der Waals surface area contributed by atoms with Crippen LogP contribution in [0.25, 0.3) is 11.3 Å². The second-order valence-electron chi connectivity index (χ2n) is 6.02. The van der Waals surface area contributed by atoms with E-state index in [0.29, 0.717) is 10.9 Å². The predicted octanol–water partition coefficient (Wildman–Crippen LogP) is 3.15. The molecule has 0 unspecified atom stereocenters. The van der Waals surface area contributed by atoms with Gasteiger partial charge in [-0.3, -0.25) is 9.59 Å². The van der Waals surface area contributed by atoms with Crippen molar-refractivity contribution in [3.05, 3.63) is 23.6 Å². The van der Waals surface area contributed by atoms with Crippen molar-refractivity contribution in [3.63, 3.8) is 0 Å². The quantitative estimate of drug-likeness (QED) is 0.927. The maximum Gasteiger partial charge on any atom is 0.267 e. The number of rotatable bonds is 3. The number of nitrogens with zero attached hydrogens (tertiary/aromatic N) is 2. The lowest BCUT2D eigenvalue weighted by molar-refractivity contribution is -0.125. The Hall–Kier alpha value is -2.41. The summed E-state index contributed by atoms with van der Waals surface area (Å²) < 4.78 is 5.62. The molecule has 6 nitrogen and oxygen atoms in total. The molecule has 0 bridgehead atoms. The van der Waals surface area contributed by atoms with Crippen LogP contribution in [0.5, 0.6) is 5.75 Å². The van der Waals surface area contributed by atoms with Gasteiger partial charge in [0.25, 0.3) is 5.91 Å². The van der Waals surface area contributed by atoms with Crippen LogP contribution in [0.2, 0.25) is 0 Å². The number of fused-ring (bicyclic) bond motifs is 1. The summed E-state index contributed by atoms with van der Waals surface area (Å²) in [6.07, 6.45) is -0.481. The maximum absolute atomic E-state index is 12.1. The Morgan fingerprint density at radius 2 is 2.17 bits per heavy atom. The van der Waals surface area contributed by atoms with E-state index in [1.54, 1.807) is 18.9 Å². The van der Waals surface area contributed by atoms with Crippen LogP contribution in [0.3, 0.4) is 0 Å². The summed E-state index contributed by atoms with van der Waals surface area (Å²) >= 11 is 1.37. The number of hydrogen-bond donors (Lipinski definition) is 1. The number of carbonyl (C=O) groups excluding carboxylic acids is 2. The molecule has 1 aliphatic heterocycles. The number of thiazole rings is 1. The molecule has 7 heteroatoms. The molecule has 0 saturated heterocycles. The van der Waals surface area contributed by atoms with E-state index in [1.807, 2.05) is 37.4 Å². The minimum Gasteiger partial charge on any atom is -0.479 e. The first-order valence-corrected chi connectivity index (χ1v) is 8.60. The number of benzene rings is 1. The molecule has 126 valence electrons. The Morgan fingerprint density at radius 1 is 1.42 bits per heavy atom. The molecule has 1 atom stereocenters. The maximum atomic E-state index is 12.1. The number of aromatic nitrogens is 1. The van der Waals surface area contributed by atoms with Gasteiger partial charge in [-0.1, -0.05) is 13.8 Å². The first-order chi connectivity index (χ1) is 11.4. The summed E-state index contributed by atoms with van der Waals surface area (Å²) in [6.45, 7) is 5.40. The minimum absolute atomic E-state index is 0.0611. The van der Waals surface area contributed by atoms with E-state index in [-0.39, 0.29) is 17.7 Å². The highest BCUT2D eigenvalue weighted by Gasteiger charge is 2.29. The highest BCUT2D eigenvalue weighted by atomic mass is 32.1. The van der Waals surface area contributed by atoms with Crippen molar-refractivity contribution in [2.45, 2.75) is 26.9 Å². The molecule has 0 saturated carbocycles. The Morgan fingerprint density at radius 3 is 2.88 bits per heavy atom. The van der Waals surface area contributed by atoms with Gasteiger partial charge in [-0.05, 0) is 25.1 Å². The predicted molar refractivity (Wildman–Crippen MR) is 94.5 cm³/mol. The molecular weight excluding hydrogens is 326 g/mol. The van der Waals surface area contributed by atoms with E-state index < -0.39 is 6.10 Å². The van der Waals surface area contributed by atoms with E-state index in [0.717, 1.165) is 16.9 Å². The third kappa shape index (κ3) is 2.99. The van der Waals surface area contributed by atoms with Gasteiger partial charge in [0, 0.05) is 23.9 Å². The van der Waals surface area contributed by atoms with Crippen molar-refractivity contribution in [2.24, 2.45) is 5.92 Å². The average Bonchev–Trinajstić information content (AvgIpc) is 3.01. The van der Waals surface area contributed by atoms with Gasteiger partial charge in [0.1, 0.15) is 5.75 Å². The van der Waals surface area contributed by atoms with Crippen LogP contribution < -0.4 is 15.0 Å². The third-order valence-electron chi connectivity index (χ3n) is 3.86. The topological polar surface area (TPSA) is 71.5 Å². The molecule has 1 N–H and O–H groups in total. The molecule has 2 aromatic rings. The van der Waals surface area contributed by atoms with E-state index in [4.69, 9.17) is 4.74 Å². The third-order valence-corrected chi connectivity index (χ3v) is 4.61. The number of hydrogen-bond acceptors (Lipinski definition) is 5. The monoisotopic (exact) mass is 345 g/mol. The average molecular weight is 345 g/mol. The summed E-state index contributed by atoms with van der Waals surface area (Å²) in [5.41, 5.74) is 2.34. The lowest BCUT2D eigenvalue weighted by atomic mass is 10.1. The smallest absolute Gasteiger partial charge is 0.267 e. The highest BCUT2D eigenvalue weighted by Crippen LogP contribution is 2.37. The summed E-state index contributed by atoms with van der Waals surface area (Å²) in [5, 5.41) is 5.24. The van der Waals surface area contributed by atoms with Crippen LogP contribution in [0, 0.1) is 5.92 Å². The lowest BCUT2D eigenvalue weighted by Crippen LogP contribution is -2.41. The molecule has 1 aliphatic rings. The van der Waals surface area contributed by atoms with Crippen LogP contribution in [-0.2, 0) is 9.59 Å². The van der Waals surface area contributed by atoms with Gasteiger partial charge in [0.05, 0.1) is 11.4 Å². The van der Waals surface area contributed by atoms with E-state index >= 15 is 0 Å². The normalized spacial score (nSPS) is 16.8. The first kappa shape index (κ1) is 16.4. The number of anilines is 2. The zero-order valence-corrected chi connectivity index (χ0v) is 14.8. The van der Waals surface area contributed by atoms with Gasteiger partial charge < -0.3 is 15.0 Å². The van der Waals surface area contributed by atoms with Crippen LogP contribution in [0.4, 0.5) is 10.8 Å². The van der Waals surface area contributed by atoms with Crippen molar-refractivity contribution in [3.8, 4) is 17.0 Å². The van der Waals surface area contributed by atoms with Gasteiger partial charge in [-0.2, -0.15) is 0 Å². The largest absolute Gasteiger partial charge is 0.479 e. The standard InChI is InChI=1S/C17H19N3O3S/c1-9(2)15(21)19-17-18-12(8-24-17)11-5-6-14-13(7-11)20(4)16(22)10(3)23-14/h5-10H,1-4H3,(H,18,19,21)/t10-/m1/s1. The van der Waals surface area contributed by atoms with Crippen molar-refractivity contribution < 1.29 is 14.3 Å². The van der Waals surface area contributed by atoms with E-state index in [9.17, 15) is 9.59 Å². The summed E-state index contributed by atoms with van der Waals surface area (Å²) in [4.78, 5) is 29.9. The van der Waals surface area contributed by atoms with Crippen LogP contribution in [-0.4, -0.2) is 29.9 Å². The Balaban J connectivity index is 1.88.